The summed E-state index contributed by atoms with van der Waals surface area (Å²) in [6.07, 6.45) is 2.63. The second kappa shape index (κ2) is 10.3. The highest BCUT2D eigenvalue weighted by molar-refractivity contribution is 5.37. The Labute approximate surface area is 165 Å². The molecule has 0 amide bonds. The molecule has 3 aromatic heterocycles. The van der Waals surface area contributed by atoms with E-state index in [0.717, 1.165) is 23.0 Å². The molecule has 2 unspecified atom stereocenters. The third kappa shape index (κ3) is 5.48. The number of pyridine rings is 3. The molecule has 0 spiro atoms. The molecule has 146 valence electrons. The van der Waals surface area contributed by atoms with E-state index in [2.05, 4.69) is 20.6 Å². The zero-order valence-corrected chi connectivity index (χ0v) is 16.1. The summed E-state index contributed by atoms with van der Waals surface area (Å²) in [5.74, 6) is 1.45. The van der Waals surface area contributed by atoms with Crippen molar-refractivity contribution >= 4 is 11.6 Å². The van der Waals surface area contributed by atoms with Gasteiger partial charge >= 0.3 is 0 Å². The molecule has 0 aliphatic heterocycles. The average Bonchev–Trinajstić information content (AvgIpc) is 2.75. The van der Waals surface area contributed by atoms with Gasteiger partial charge < -0.3 is 20.1 Å². The van der Waals surface area contributed by atoms with Crippen LogP contribution in [-0.2, 0) is 9.47 Å². The molecule has 0 aliphatic rings. The van der Waals surface area contributed by atoms with Crippen molar-refractivity contribution in [2.45, 2.75) is 26.3 Å². The molecule has 3 aromatic rings. The van der Waals surface area contributed by atoms with E-state index in [9.17, 15) is 0 Å². The second-order valence-electron chi connectivity index (χ2n) is 5.88. The van der Waals surface area contributed by atoms with Crippen LogP contribution in [0.2, 0.25) is 0 Å². The van der Waals surface area contributed by atoms with Gasteiger partial charge in [0.25, 0.3) is 0 Å². The lowest BCUT2D eigenvalue weighted by Gasteiger charge is -2.22. The maximum Gasteiger partial charge on any atom is 0.172 e. The fraction of sp³-hybridized carbons (Fsp3) is 0.286. The highest BCUT2D eigenvalue weighted by Crippen LogP contribution is 2.22. The van der Waals surface area contributed by atoms with Crippen LogP contribution < -0.4 is 10.6 Å². The molecular weight excluding hydrogens is 354 g/mol. The number of anilines is 2. The Hall–Kier alpha value is -3.03. The summed E-state index contributed by atoms with van der Waals surface area (Å²) in [5.41, 5.74) is 1.50. The third-order valence-electron chi connectivity index (χ3n) is 3.88. The number of nitrogens with one attached hydrogen (secondary N) is 2. The summed E-state index contributed by atoms with van der Waals surface area (Å²) in [5, 5.41) is 6.55. The summed E-state index contributed by atoms with van der Waals surface area (Å²) in [6, 6.07) is 17.1. The van der Waals surface area contributed by atoms with Gasteiger partial charge in [-0.15, -0.1) is 0 Å². The van der Waals surface area contributed by atoms with Gasteiger partial charge in [0.2, 0.25) is 0 Å². The first kappa shape index (κ1) is 19.7. The van der Waals surface area contributed by atoms with Crippen LogP contribution in [0.3, 0.4) is 0 Å². The van der Waals surface area contributed by atoms with Crippen LogP contribution in [0.15, 0.2) is 67.0 Å². The number of hydrogen-bond donors (Lipinski definition) is 2. The Balaban J connectivity index is 1.82. The summed E-state index contributed by atoms with van der Waals surface area (Å²) in [4.78, 5) is 13.4. The van der Waals surface area contributed by atoms with Gasteiger partial charge in [-0.3, -0.25) is 0 Å². The van der Waals surface area contributed by atoms with E-state index in [1.807, 2.05) is 68.4 Å². The molecule has 28 heavy (non-hydrogen) atoms. The van der Waals surface area contributed by atoms with E-state index in [4.69, 9.17) is 14.5 Å². The molecule has 2 atom stereocenters. The molecule has 0 saturated carbocycles. The van der Waals surface area contributed by atoms with E-state index in [1.54, 1.807) is 12.4 Å². The predicted molar refractivity (Wildman–Crippen MR) is 109 cm³/mol. The van der Waals surface area contributed by atoms with Gasteiger partial charge in [0, 0.05) is 25.6 Å². The normalized spacial score (nSPS) is 12.9. The maximum absolute atomic E-state index is 5.86. The molecule has 7 nitrogen and oxygen atoms in total. The van der Waals surface area contributed by atoms with Crippen molar-refractivity contribution in [1.29, 1.82) is 0 Å². The van der Waals surface area contributed by atoms with Gasteiger partial charge in [-0.2, -0.15) is 0 Å². The fourth-order valence-corrected chi connectivity index (χ4v) is 2.66. The lowest BCUT2D eigenvalue weighted by molar-refractivity contribution is 0.0721. The van der Waals surface area contributed by atoms with Crippen LogP contribution in [-0.4, -0.2) is 28.2 Å². The van der Waals surface area contributed by atoms with Gasteiger partial charge in [0.05, 0.1) is 11.4 Å². The molecule has 0 aromatic carbocycles. The van der Waals surface area contributed by atoms with Crippen LogP contribution in [0.25, 0.3) is 0 Å². The molecule has 7 heteroatoms. The van der Waals surface area contributed by atoms with Crippen LogP contribution in [0.4, 0.5) is 11.6 Å². The molecule has 2 N–H and O–H groups in total. The Morgan fingerprint density at radius 3 is 1.61 bits per heavy atom. The maximum atomic E-state index is 5.86. The fourth-order valence-electron chi connectivity index (χ4n) is 2.66. The first-order valence-electron chi connectivity index (χ1n) is 9.35. The molecule has 0 aliphatic carbocycles. The lowest BCUT2D eigenvalue weighted by Crippen LogP contribution is -2.20. The third-order valence-corrected chi connectivity index (χ3v) is 3.88. The first-order valence-corrected chi connectivity index (χ1v) is 9.35. The number of rotatable bonds is 10. The first-order chi connectivity index (χ1) is 13.8. The molecule has 0 radical (unpaired) electrons. The van der Waals surface area contributed by atoms with Crippen molar-refractivity contribution in [3.05, 3.63) is 78.4 Å². The van der Waals surface area contributed by atoms with Gasteiger partial charge in [-0.25, -0.2) is 15.0 Å². The summed E-state index contributed by atoms with van der Waals surface area (Å²) in [7, 11) is 0. The minimum absolute atomic E-state index is 0.419. The standard InChI is InChI=1S/C21H25N5O2/c1-3-27-20(25-18-12-5-7-14-22-18)16-10-9-11-17(24-16)21(28-4-2)26-19-13-6-8-15-23-19/h5-15,20-21H,3-4H2,1-2H3,(H,22,25)(H,23,26). The Morgan fingerprint density at radius 2 is 1.21 bits per heavy atom. The van der Waals surface area contributed by atoms with Gasteiger partial charge in [0.1, 0.15) is 11.6 Å². The van der Waals surface area contributed by atoms with E-state index in [1.165, 1.54) is 0 Å². The SMILES string of the molecule is CCOC(Nc1ccccn1)c1cccc(C(Nc2ccccn2)OCC)n1. The van der Waals surface area contributed by atoms with Crippen molar-refractivity contribution in [3.63, 3.8) is 0 Å². The quantitative estimate of drug-likeness (QED) is 0.512. The number of ether oxygens (including phenoxy) is 2. The van der Waals surface area contributed by atoms with E-state index < -0.39 is 12.5 Å². The molecule has 3 rings (SSSR count). The average molecular weight is 379 g/mol. The number of nitrogens with zero attached hydrogens (tertiary/aromatic N) is 3. The Morgan fingerprint density at radius 1 is 0.714 bits per heavy atom. The van der Waals surface area contributed by atoms with Crippen molar-refractivity contribution in [2.24, 2.45) is 0 Å². The monoisotopic (exact) mass is 379 g/mol. The molecule has 3 heterocycles. The van der Waals surface area contributed by atoms with E-state index in [-0.39, 0.29) is 0 Å². The van der Waals surface area contributed by atoms with Crippen molar-refractivity contribution in [3.8, 4) is 0 Å². The van der Waals surface area contributed by atoms with Crippen molar-refractivity contribution < 1.29 is 9.47 Å². The van der Waals surface area contributed by atoms with E-state index >= 15 is 0 Å². The zero-order chi connectivity index (χ0) is 19.6. The zero-order valence-electron chi connectivity index (χ0n) is 16.1. The summed E-state index contributed by atoms with van der Waals surface area (Å²) >= 11 is 0. The minimum atomic E-state index is -0.419. The van der Waals surface area contributed by atoms with Crippen LogP contribution in [0.1, 0.15) is 37.7 Å². The smallest absolute Gasteiger partial charge is 0.172 e. The molecule has 0 fully saturated rings. The van der Waals surface area contributed by atoms with Gasteiger partial charge in [-0.1, -0.05) is 18.2 Å². The lowest BCUT2D eigenvalue weighted by atomic mass is 10.2. The number of aromatic nitrogens is 3. The van der Waals surface area contributed by atoms with Gasteiger partial charge in [-0.05, 0) is 50.2 Å². The van der Waals surface area contributed by atoms with Crippen molar-refractivity contribution in [1.82, 2.24) is 15.0 Å². The predicted octanol–water partition coefficient (Wildman–Crippen LogP) is 4.17. The van der Waals surface area contributed by atoms with Crippen LogP contribution in [0, 0.1) is 0 Å². The topological polar surface area (TPSA) is 81.2 Å². The van der Waals surface area contributed by atoms with Crippen LogP contribution in [0.5, 0.6) is 0 Å². The Kier molecular flexibility index (Phi) is 7.29. The van der Waals surface area contributed by atoms with Crippen LogP contribution >= 0.6 is 0 Å². The highest BCUT2D eigenvalue weighted by atomic mass is 16.5. The number of hydrogen-bond acceptors (Lipinski definition) is 7. The van der Waals surface area contributed by atoms with Gasteiger partial charge in [0.15, 0.2) is 12.5 Å². The summed E-state index contributed by atoms with van der Waals surface area (Å²) < 4.78 is 11.7. The van der Waals surface area contributed by atoms with E-state index in [0.29, 0.717) is 13.2 Å². The summed E-state index contributed by atoms with van der Waals surface area (Å²) in [6.45, 7) is 4.97. The molecule has 0 saturated heterocycles. The largest absolute Gasteiger partial charge is 0.353 e. The highest BCUT2D eigenvalue weighted by Gasteiger charge is 2.18. The Bertz CT molecular complexity index is 766. The minimum Gasteiger partial charge on any atom is -0.353 e. The van der Waals surface area contributed by atoms with Crippen molar-refractivity contribution in [2.75, 3.05) is 23.8 Å². The molecular formula is C21H25N5O2. The second-order valence-corrected chi connectivity index (χ2v) is 5.88. The molecule has 0 bridgehead atoms.